The van der Waals surface area contributed by atoms with Crippen LogP contribution in [0.25, 0.3) is 0 Å². The second-order valence-electron chi connectivity index (χ2n) is 4.22. The van der Waals surface area contributed by atoms with E-state index in [2.05, 4.69) is 5.32 Å². The summed E-state index contributed by atoms with van der Waals surface area (Å²) in [5, 5.41) is 2.97. The maximum Gasteiger partial charge on any atom is 0.224 e. The molecule has 3 heteroatoms. The first-order valence-corrected chi connectivity index (χ1v) is 5.62. The van der Waals surface area contributed by atoms with Gasteiger partial charge in [0.05, 0.1) is 6.04 Å². The highest BCUT2D eigenvalue weighted by molar-refractivity contribution is 5.78. The molecule has 0 saturated carbocycles. The lowest BCUT2D eigenvalue weighted by Crippen LogP contribution is -2.35. The van der Waals surface area contributed by atoms with Crippen molar-refractivity contribution in [1.29, 1.82) is 0 Å². The van der Waals surface area contributed by atoms with Gasteiger partial charge in [0.2, 0.25) is 5.91 Å². The van der Waals surface area contributed by atoms with E-state index < -0.39 is 0 Å². The molecule has 2 atom stereocenters. The van der Waals surface area contributed by atoms with E-state index in [1.165, 1.54) is 5.56 Å². The van der Waals surface area contributed by atoms with Crippen LogP contribution in [0.3, 0.4) is 0 Å². The van der Waals surface area contributed by atoms with Gasteiger partial charge < -0.3 is 11.1 Å². The highest BCUT2D eigenvalue weighted by Crippen LogP contribution is 2.16. The molecule has 88 valence electrons. The Hall–Kier alpha value is -1.35. The standard InChI is InChI=1S/C13H20N2O/c1-9-6-4-5-7-12(9)11(3)15-13(16)10(2)8-14/h4-7,10-11H,8,14H2,1-3H3,(H,15,16). The Balaban J connectivity index is 2.69. The third kappa shape index (κ3) is 3.07. The number of nitrogens with one attached hydrogen (secondary N) is 1. The zero-order valence-electron chi connectivity index (χ0n) is 10.2. The molecule has 1 amide bonds. The molecule has 0 aliphatic heterocycles. The number of amides is 1. The highest BCUT2D eigenvalue weighted by atomic mass is 16.1. The molecule has 16 heavy (non-hydrogen) atoms. The number of hydrogen-bond donors (Lipinski definition) is 2. The van der Waals surface area contributed by atoms with Crippen molar-refractivity contribution in [3.8, 4) is 0 Å². The van der Waals surface area contributed by atoms with Gasteiger partial charge in [0.15, 0.2) is 0 Å². The van der Waals surface area contributed by atoms with Gasteiger partial charge >= 0.3 is 0 Å². The summed E-state index contributed by atoms with van der Waals surface area (Å²) in [4.78, 5) is 11.7. The van der Waals surface area contributed by atoms with Crippen molar-refractivity contribution >= 4 is 5.91 Å². The normalized spacial score (nSPS) is 14.2. The first kappa shape index (κ1) is 12.7. The average molecular weight is 220 g/mol. The molecule has 0 radical (unpaired) electrons. The van der Waals surface area contributed by atoms with Crippen LogP contribution < -0.4 is 11.1 Å². The van der Waals surface area contributed by atoms with E-state index in [1.54, 1.807) is 0 Å². The summed E-state index contributed by atoms with van der Waals surface area (Å²) in [5.74, 6) is -0.121. The predicted octanol–water partition coefficient (Wildman–Crippen LogP) is 1.77. The van der Waals surface area contributed by atoms with E-state index in [0.717, 1.165) is 5.56 Å². The second kappa shape index (κ2) is 5.66. The van der Waals surface area contributed by atoms with E-state index in [9.17, 15) is 4.79 Å². The van der Waals surface area contributed by atoms with Crippen molar-refractivity contribution in [2.75, 3.05) is 6.54 Å². The second-order valence-corrected chi connectivity index (χ2v) is 4.22. The Labute approximate surface area is 97.0 Å². The lowest BCUT2D eigenvalue weighted by atomic mass is 10.0. The molecule has 0 heterocycles. The van der Waals surface area contributed by atoms with Gasteiger partial charge in [-0.05, 0) is 25.0 Å². The van der Waals surface area contributed by atoms with Crippen LogP contribution in [0.1, 0.15) is 31.0 Å². The summed E-state index contributed by atoms with van der Waals surface area (Å²) in [6.07, 6.45) is 0. The Kier molecular flexibility index (Phi) is 4.50. The molecule has 1 aromatic carbocycles. The fourth-order valence-electron chi connectivity index (χ4n) is 1.61. The molecule has 0 spiro atoms. The maximum absolute atomic E-state index is 11.7. The smallest absolute Gasteiger partial charge is 0.224 e. The fourth-order valence-corrected chi connectivity index (χ4v) is 1.61. The van der Waals surface area contributed by atoms with E-state index in [0.29, 0.717) is 6.54 Å². The summed E-state index contributed by atoms with van der Waals surface area (Å²) in [5.41, 5.74) is 7.80. The summed E-state index contributed by atoms with van der Waals surface area (Å²) in [7, 11) is 0. The molecule has 0 aromatic heterocycles. The molecule has 2 unspecified atom stereocenters. The molecule has 0 bridgehead atoms. The molecule has 0 aliphatic carbocycles. The van der Waals surface area contributed by atoms with Crippen molar-refractivity contribution in [2.45, 2.75) is 26.8 Å². The molecule has 3 N–H and O–H groups in total. The van der Waals surface area contributed by atoms with Crippen molar-refractivity contribution in [3.63, 3.8) is 0 Å². The minimum Gasteiger partial charge on any atom is -0.349 e. The summed E-state index contributed by atoms with van der Waals surface area (Å²) in [6, 6.07) is 8.09. The van der Waals surface area contributed by atoms with Gasteiger partial charge in [-0.15, -0.1) is 0 Å². The zero-order valence-corrected chi connectivity index (χ0v) is 10.2. The molecule has 3 nitrogen and oxygen atoms in total. The number of carbonyl (C=O) groups is 1. The van der Waals surface area contributed by atoms with E-state index >= 15 is 0 Å². The van der Waals surface area contributed by atoms with E-state index in [-0.39, 0.29) is 17.9 Å². The predicted molar refractivity (Wildman–Crippen MR) is 66.0 cm³/mol. The van der Waals surface area contributed by atoms with Gasteiger partial charge in [-0.1, -0.05) is 31.2 Å². The highest BCUT2D eigenvalue weighted by Gasteiger charge is 2.15. The van der Waals surface area contributed by atoms with Crippen LogP contribution in [0.15, 0.2) is 24.3 Å². The minimum atomic E-state index is -0.133. The molecule has 1 aromatic rings. The van der Waals surface area contributed by atoms with E-state index in [4.69, 9.17) is 5.73 Å². The van der Waals surface area contributed by atoms with Crippen molar-refractivity contribution < 1.29 is 4.79 Å². The van der Waals surface area contributed by atoms with Crippen LogP contribution in [0, 0.1) is 12.8 Å². The number of rotatable bonds is 4. The van der Waals surface area contributed by atoms with Crippen LogP contribution in [0.2, 0.25) is 0 Å². The molecule has 1 rings (SSSR count). The lowest BCUT2D eigenvalue weighted by Gasteiger charge is -2.18. The molecule has 0 aliphatic rings. The minimum absolute atomic E-state index is 0.0123. The summed E-state index contributed by atoms with van der Waals surface area (Å²) in [6.45, 7) is 6.25. The number of carbonyl (C=O) groups excluding carboxylic acids is 1. The Morgan fingerprint density at radius 1 is 1.38 bits per heavy atom. The molecular weight excluding hydrogens is 200 g/mol. The van der Waals surface area contributed by atoms with Crippen LogP contribution in [-0.4, -0.2) is 12.5 Å². The summed E-state index contributed by atoms with van der Waals surface area (Å²) >= 11 is 0. The fraction of sp³-hybridized carbons (Fsp3) is 0.462. The number of aryl methyl sites for hydroxylation is 1. The van der Waals surface area contributed by atoms with Crippen molar-refractivity contribution in [3.05, 3.63) is 35.4 Å². The van der Waals surface area contributed by atoms with Gasteiger partial charge in [0.25, 0.3) is 0 Å². The van der Waals surface area contributed by atoms with Gasteiger partial charge in [-0.25, -0.2) is 0 Å². The number of benzene rings is 1. The third-order valence-corrected chi connectivity index (χ3v) is 2.81. The Morgan fingerprint density at radius 3 is 2.56 bits per heavy atom. The summed E-state index contributed by atoms with van der Waals surface area (Å²) < 4.78 is 0. The van der Waals surface area contributed by atoms with Crippen LogP contribution in [0.4, 0.5) is 0 Å². The average Bonchev–Trinajstić information content (AvgIpc) is 2.28. The van der Waals surface area contributed by atoms with Gasteiger partial charge in [0, 0.05) is 12.5 Å². The molecular formula is C13H20N2O. The first-order chi connectivity index (χ1) is 7.56. The Morgan fingerprint density at radius 2 is 2.00 bits per heavy atom. The van der Waals surface area contributed by atoms with Gasteiger partial charge in [0.1, 0.15) is 0 Å². The number of hydrogen-bond acceptors (Lipinski definition) is 2. The van der Waals surface area contributed by atoms with Gasteiger partial charge in [-0.2, -0.15) is 0 Å². The van der Waals surface area contributed by atoms with E-state index in [1.807, 2.05) is 45.0 Å². The largest absolute Gasteiger partial charge is 0.349 e. The quantitative estimate of drug-likeness (QED) is 0.812. The molecule has 0 fully saturated rings. The first-order valence-electron chi connectivity index (χ1n) is 5.62. The van der Waals surface area contributed by atoms with Gasteiger partial charge in [-0.3, -0.25) is 4.79 Å². The third-order valence-electron chi connectivity index (χ3n) is 2.81. The molecule has 0 saturated heterocycles. The maximum atomic E-state index is 11.7. The lowest BCUT2D eigenvalue weighted by molar-refractivity contribution is -0.124. The Bertz CT molecular complexity index is 363. The monoisotopic (exact) mass is 220 g/mol. The SMILES string of the molecule is Cc1ccccc1C(C)NC(=O)C(C)CN. The van der Waals surface area contributed by atoms with Crippen LogP contribution in [0.5, 0.6) is 0 Å². The number of nitrogens with two attached hydrogens (primary N) is 1. The topological polar surface area (TPSA) is 55.1 Å². The van der Waals surface area contributed by atoms with Crippen molar-refractivity contribution in [2.24, 2.45) is 11.7 Å². The van der Waals surface area contributed by atoms with Crippen molar-refractivity contribution in [1.82, 2.24) is 5.32 Å². The zero-order chi connectivity index (χ0) is 12.1. The van der Waals surface area contributed by atoms with Crippen LogP contribution in [-0.2, 0) is 4.79 Å². The van der Waals surface area contributed by atoms with Crippen LogP contribution >= 0.6 is 0 Å².